The van der Waals surface area contributed by atoms with Crippen molar-refractivity contribution < 1.29 is 14.3 Å². The van der Waals surface area contributed by atoms with E-state index in [4.69, 9.17) is 9.47 Å². The number of methoxy groups -OCH3 is 1. The lowest BCUT2D eigenvalue weighted by molar-refractivity contribution is -0.153. The predicted octanol–water partition coefficient (Wildman–Crippen LogP) is 1.75. The van der Waals surface area contributed by atoms with Crippen LogP contribution in [0.5, 0.6) is 0 Å². The van der Waals surface area contributed by atoms with Gasteiger partial charge in [-0.3, -0.25) is 4.79 Å². The molecule has 0 amide bonds. The van der Waals surface area contributed by atoms with Crippen molar-refractivity contribution in [1.82, 2.24) is 0 Å². The number of hydrogen-bond acceptors (Lipinski definition) is 3. The Balaban J connectivity index is 2.27. The van der Waals surface area contributed by atoms with E-state index in [2.05, 4.69) is 13.8 Å². The van der Waals surface area contributed by atoms with Crippen molar-refractivity contribution in [3.63, 3.8) is 0 Å². The predicted molar refractivity (Wildman–Crippen MR) is 51.8 cm³/mol. The quantitative estimate of drug-likeness (QED) is 0.476. The number of epoxide rings is 1. The molecule has 1 heterocycles. The average molecular weight is 198 g/mol. The molecule has 1 aliphatic carbocycles. The number of rotatable bonds is 1. The first-order chi connectivity index (χ1) is 6.42. The minimum absolute atomic E-state index is 0.00512. The molecule has 2 aliphatic rings. The van der Waals surface area contributed by atoms with Gasteiger partial charge in [0.25, 0.3) is 0 Å². The lowest BCUT2D eigenvalue weighted by Gasteiger charge is -2.38. The highest BCUT2D eigenvalue weighted by atomic mass is 16.6. The van der Waals surface area contributed by atoms with Gasteiger partial charge in [0.15, 0.2) is 0 Å². The molecule has 0 N–H and O–H groups in total. The number of carbonyl (C=O) groups is 1. The Labute approximate surface area is 84.8 Å². The van der Waals surface area contributed by atoms with E-state index in [1.165, 1.54) is 7.11 Å². The molecule has 80 valence electrons. The van der Waals surface area contributed by atoms with Gasteiger partial charge in [-0.15, -0.1) is 0 Å². The number of ether oxygens (including phenoxy) is 2. The second-order valence-electron chi connectivity index (χ2n) is 5.27. The zero-order valence-electron chi connectivity index (χ0n) is 9.29. The van der Waals surface area contributed by atoms with E-state index in [0.717, 1.165) is 12.8 Å². The van der Waals surface area contributed by atoms with Crippen LogP contribution in [0.2, 0.25) is 0 Å². The summed E-state index contributed by atoms with van der Waals surface area (Å²) in [7, 11) is 1.45. The Hall–Kier alpha value is -0.570. The molecule has 0 bridgehead atoms. The molecular formula is C11H18O3. The third-order valence-corrected chi connectivity index (χ3v) is 3.82. The van der Waals surface area contributed by atoms with Crippen LogP contribution in [-0.2, 0) is 14.3 Å². The van der Waals surface area contributed by atoms with Crippen molar-refractivity contribution in [3.8, 4) is 0 Å². The second kappa shape index (κ2) is 2.72. The molecule has 0 aromatic heterocycles. The fourth-order valence-electron chi connectivity index (χ4n) is 2.97. The van der Waals surface area contributed by atoms with Crippen molar-refractivity contribution >= 4 is 5.97 Å². The van der Waals surface area contributed by atoms with E-state index >= 15 is 0 Å². The normalized spacial score (nSPS) is 44.0. The molecule has 1 aliphatic heterocycles. The molecular weight excluding hydrogens is 180 g/mol. The van der Waals surface area contributed by atoms with Crippen molar-refractivity contribution in [2.24, 2.45) is 11.3 Å². The molecule has 3 heteroatoms. The smallest absolute Gasteiger partial charge is 0.312 e. The van der Waals surface area contributed by atoms with Gasteiger partial charge in [0, 0.05) is 0 Å². The first-order valence-electron chi connectivity index (χ1n) is 5.17. The van der Waals surface area contributed by atoms with Crippen molar-refractivity contribution in [1.29, 1.82) is 0 Å². The van der Waals surface area contributed by atoms with Crippen LogP contribution in [0.3, 0.4) is 0 Å². The van der Waals surface area contributed by atoms with Gasteiger partial charge in [-0.2, -0.15) is 0 Å². The standard InChI is InChI=1S/C11H18O3/c1-10(2)6-5-7-11(3,14-7)8(10)9(12)13-4/h7-8H,5-6H2,1-4H3/t7-,8-,11-/m1/s1. The number of fused-ring (bicyclic) bond motifs is 1. The van der Waals surface area contributed by atoms with Crippen LogP contribution in [0, 0.1) is 11.3 Å². The van der Waals surface area contributed by atoms with Gasteiger partial charge in [0.2, 0.25) is 0 Å². The van der Waals surface area contributed by atoms with E-state index in [1.54, 1.807) is 0 Å². The zero-order valence-corrected chi connectivity index (χ0v) is 9.29. The van der Waals surface area contributed by atoms with Crippen molar-refractivity contribution in [2.45, 2.75) is 45.3 Å². The Morgan fingerprint density at radius 2 is 2.07 bits per heavy atom. The van der Waals surface area contributed by atoms with Crippen LogP contribution in [0.4, 0.5) is 0 Å². The summed E-state index contributed by atoms with van der Waals surface area (Å²) in [5.74, 6) is -0.238. The Morgan fingerprint density at radius 3 is 2.64 bits per heavy atom. The van der Waals surface area contributed by atoms with Gasteiger partial charge in [-0.05, 0) is 25.2 Å². The van der Waals surface area contributed by atoms with Gasteiger partial charge in [0.1, 0.15) is 5.60 Å². The van der Waals surface area contributed by atoms with E-state index < -0.39 is 0 Å². The van der Waals surface area contributed by atoms with Gasteiger partial charge >= 0.3 is 5.97 Å². The molecule has 0 aromatic carbocycles. The minimum atomic E-state index is -0.255. The minimum Gasteiger partial charge on any atom is -0.469 e. The van der Waals surface area contributed by atoms with Gasteiger partial charge in [-0.1, -0.05) is 13.8 Å². The lowest BCUT2D eigenvalue weighted by Crippen LogP contribution is -2.45. The molecule has 0 aromatic rings. The Bertz CT molecular complexity index is 267. The topological polar surface area (TPSA) is 38.8 Å². The molecule has 1 saturated heterocycles. The average Bonchev–Trinajstić information content (AvgIpc) is 2.74. The molecule has 2 rings (SSSR count). The summed E-state index contributed by atoms with van der Waals surface area (Å²) in [6.45, 7) is 6.27. The molecule has 2 fully saturated rings. The van der Waals surface area contributed by atoms with E-state index in [-0.39, 0.29) is 29.0 Å². The summed E-state index contributed by atoms with van der Waals surface area (Å²) in [5.41, 5.74) is -0.260. The molecule has 3 nitrogen and oxygen atoms in total. The van der Waals surface area contributed by atoms with Crippen molar-refractivity contribution in [3.05, 3.63) is 0 Å². The fraction of sp³-hybridized carbons (Fsp3) is 0.909. The first-order valence-corrected chi connectivity index (χ1v) is 5.17. The SMILES string of the molecule is COC(=O)[C@@H]1C(C)(C)CC[C@H]2O[C@@]12C. The zero-order chi connectivity index (χ0) is 10.6. The summed E-state index contributed by atoms with van der Waals surface area (Å²) in [4.78, 5) is 11.7. The molecule has 0 unspecified atom stereocenters. The van der Waals surface area contributed by atoms with E-state index in [9.17, 15) is 4.79 Å². The largest absolute Gasteiger partial charge is 0.469 e. The van der Waals surface area contributed by atoms with Crippen LogP contribution in [-0.4, -0.2) is 24.8 Å². The van der Waals surface area contributed by atoms with Crippen LogP contribution < -0.4 is 0 Å². The summed E-state index contributed by atoms with van der Waals surface area (Å²) in [6.07, 6.45) is 2.38. The van der Waals surface area contributed by atoms with Gasteiger partial charge < -0.3 is 9.47 Å². The summed E-state index contributed by atoms with van der Waals surface area (Å²) >= 11 is 0. The molecule has 1 saturated carbocycles. The molecule has 0 radical (unpaired) electrons. The Kier molecular flexibility index (Phi) is 1.94. The summed E-state index contributed by atoms with van der Waals surface area (Å²) < 4.78 is 10.5. The maximum Gasteiger partial charge on any atom is 0.312 e. The summed E-state index contributed by atoms with van der Waals surface area (Å²) in [6, 6.07) is 0. The maximum atomic E-state index is 11.7. The number of hydrogen-bond donors (Lipinski definition) is 0. The van der Waals surface area contributed by atoms with Crippen LogP contribution in [0.25, 0.3) is 0 Å². The number of esters is 1. The van der Waals surface area contributed by atoms with Crippen LogP contribution >= 0.6 is 0 Å². The van der Waals surface area contributed by atoms with Gasteiger partial charge in [0.05, 0.1) is 19.1 Å². The van der Waals surface area contributed by atoms with E-state index in [1.807, 2.05) is 6.92 Å². The molecule has 3 atom stereocenters. The highest BCUT2D eigenvalue weighted by molar-refractivity contribution is 5.75. The van der Waals surface area contributed by atoms with Crippen LogP contribution in [0.15, 0.2) is 0 Å². The number of carbonyl (C=O) groups excluding carboxylic acids is 1. The fourth-order valence-corrected chi connectivity index (χ4v) is 2.97. The first kappa shape index (κ1) is 9.97. The second-order valence-corrected chi connectivity index (χ2v) is 5.27. The van der Waals surface area contributed by atoms with E-state index in [0.29, 0.717) is 0 Å². The maximum absolute atomic E-state index is 11.7. The third kappa shape index (κ3) is 1.18. The highest BCUT2D eigenvalue weighted by Crippen LogP contribution is 2.58. The van der Waals surface area contributed by atoms with Crippen LogP contribution in [0.1, 0.15) is 33.6 Å². The monoisotopic (exact) mass is 198 g/mol. The Morgan fingerprint density at radius 1 is 1.43 bits per heavy atom. The lowest BCUT2D eigenvalue weighted by atomic mass is 9.64. The third-order valence-electron chi connectivity index (χ3n) is 3.82. The molecule has 0 spiro atoms. The molecule has 14 heavy (non-hydrogen) atoms. The van der Waals surface area contributed by atoms with Gasteiger partial charge in [-0.25, -0.2) is 0 Å². The summed E-state index contributed by atoms with van der Waals surface area (Å²) in [5, 5.41) is 0. The highest BCUT2D eigenvalue weighted by Gasteiger charge is 2.67. The van der Waals surface area contributed by atoms with Crippen molar-refractivity contribution in [2.75, 3.05) is 7.11 Å².